The first-order chi connectivity index (χ1) is 13.0. The predicted molar refractivity (Wildman–Crippen MR) is 106 cm³/mol. The van der Waals surface area contributed by atoms with E-state index in [1.165, 1.54) is 23.0 Å². The molecular weight excluding hydrogens is 338 g/mol. The number of amides is 1. The molecule has 1 heterocycles. The number of carbonyl (C=O) groups is 1. The van der Waals surface area contributed by atoms with Gasteiger partial charge < -0.3 is 14.5 Å². The molecule has 0 aliphatic heterocycles. The summed E-state index contributed by atoms with van der Waals surface area (Å²) in [6, 6.07) is 17.7. The molecular formula is C23H25NO3. The number of aryl methyl sites for hydroxylation is 2. The smallest absolute Gasteiger partial charge is 0.287 e. The van der Waals surface area contributed by atoms with Crippen LogP contribution in [0.25, 0.3) is 0 Å². The van der Waals surface area contributed by atoms with Gasteiger partial charge >= 0.3 is 0 Å². The Hall–Kier alpha value is -3.01. The first-order valence-corrected chi connectivity index (χ1v) is 9.14. The number of furan rings is 1. The molecule has 0 aliphatic carbocycles. The first-order valence-electron chi connectivity index (χ1n) is 9.14. The van der Waals surface area contributed by atoms with Crippen molar-refractivity contribution in [2.75, 3.05) is 6.54 Å². The van der Waals surface area contributed by atoms with Crippen LogP contribution < -0.4 is 10.1 Å². The van der Waals surface area contributed by atoms with Gasteiger partial charge in [-0.1, -0.05) is 48.9 Å². The normalized spacial score (nSPS) is 11.8. The molecule has 1 aromatic heterocycles. The maximum Gasteiger partial charge on any atom is 0.287 e. The maximum absolute atomic E-state index is 12.6. The minimum atomic E-state index is -0.219. The van der Waals surface area contributed by atoms with Crippen molar-refractivity contribution in [1.82, 2.24) is 5.32 Å². The van der Waals surface area contributed by atoms with Crippen LogP contribution in [-0.4, -0.2) is 12.5 Å². The molecule has 0 radical (unpaired) electrons. The Bertz CT molecular complexity index is 899. The van der Waals surface area contributed by atoms with Crippen molar-refractivity contribution in [3.63, 3.8) is 0 Å². The SMILES string of the molecule is Cc1ccc(C)c([C@@H](C)CNC(=O)c2occc2COc2ccccc2)c1. The second-order valence-electron chi connectivity index (χ2n) is 6.85. The van der Waals surface area contributed by atoms with Gasteiger partial charge in [0.15, 0.2) is 5.76 Å². The molecule has 4 heteroatoms. The highest BCUT2D eigenvalue weighted by Gasteiger charge is 2.17. The predicted octanol–water partition coefficient (Wildman–Crippen LogP) is 5.01. The Morgan fingerprint density at radius 3 is 2.67 bits per heavy atom. The number of benzene rings is 2. The molecule has 0 unspecified atom stereocenters. The van der Waals surface area contributed by atoms with Crippen molar-refractivity contribution >= 4 is 5.91 Å². The second kappa shape index (κ2) is 8.58. The number of hydrogen-bond acceptors (Lipinski definition) is 3. The fraction of sp³-hybridized carbons (Fsp3) is 0.261. The zero-order valence-corrected chi connectivity index (χ0v) is 16.0. The monoisotopic (exact) mass is 363 g/mol. The van der Waals surface area contributed by atoms with E-state index in [4.69, 9.17) is 9.15 Å². The van der Waals surface area contributed by atoms with Crippen LogP contribution >= 0.6 is 0 Å². The van der Waals surface area contributed by atoms with Gasteiger partial charge in [0.2, 0.25) is 0 Å². The van der Waals surface area contributed by atoms with Gasteiger partial charge in [0.05, 0.1) is 6.26 Å². The van der Waals surface area contributed by atoms with Gasteiger partial charge in [-0.15, -0.1) is 0 Å². The quantitative estimate of drug-likeness (QED) is 0.642. The number of hydrogen-bond donors (Lipinski definition) is 1. The maximum atomic E-state index is 12.6. The molecule has 0 bridgehead atoms. The highest BCUT2D eigenvalue weighted by Crippen LogP contribution is 2.21. The molecule has 1 N–H and O–H groups in total. The lowest BCUT2D eigenvalue weighted by molar-refractivity contribution is 0.0920. The molecule has 2 aromatic carbocycles. The minimum absolute atomic E-state index is 0.216. The van der Waals surface area contributed by atoms with E-state index in [-0.39, 0.29) is 18.4 Å². The van der Waals surface area contributed by atoms with Gasteiger partial charge in [-0.2, -0.15) is 0 Å². The molecule has 3 rings (SSSR count). The summed E-state index contributed by atoms with van der Waals surface area (Å²) in [6.07, 6.45) is 1.52. The molecule has 1 amide bonds. The number of ether oxygens (including phenoxy) is 1. The summed E-state index contributed by atoms with van der Waals surface area (Å²) in [6.45, 7) is 7.12. The summed E-state index contributed by atoms with van der Waals surface area (Å²) in [4.78, 5) is 12.6. The third-order valence-electron chi connectivity index (χ3n) is 4.63. The molecule has 0 spiro atoms. The van der Waals surface area contributed by atoms with E-state index < -0.39 is 0 Å². The third kappa shape index (κ3) is 4.79. The van der Waals surface area contributed by atoms with E-state index in [9.17, 15) is 4.79 Å². The number of carbonyl (C=O) groups excluding carboxylic acids is 1. The van der Waals surface area contributed by atoms with Crippen molar-refractivity contribution in [3.05, 3.63) is 88.9 Å². The molecule has 27 heavy (non-hydrogen) atoms. The Kier molecular flexibility index (Phi) is 5.97. The van der Waals surface area contributed by atoms with Gasteiger partial charge in [-0.05, 0) is 49.1 Å². The van der Waals surface area contributed by atoms with E-state index in [2.05, 4.69) is 44.3 Å². The lowest BCUT2D eigenvalue weighted by atomic mass is 9.94. The topological polar surface area (TPSA) is 51.5 Å². The molecule has 3 aromatic rings. The molecule has 4 nitrogen and oxygen atoms in total. The van der Waals surface area contributed by atoms with E-state index in [0.717, 1.165) is 11.3 Å². The van der Waals surface area contributed by atoms with Gasteiger partial charge in [0.1, 0.15) is 12.4 Å². The summed E-state index contributed by atoms with van der Waals surface area (Å²) in [5.41, 5.74) is 4.44. The van der Waals surface area contributed by atoms with Crippen LogP contribution in [0, 0.1) is 13.8 Å². The summed E-state index contributed by atoms with van der Waals surface area (Å²) in [5, 5.41) is 2.98. The first kappa shape index (κ1) is 18.8. The Morgan fingerprint density at radius 2 is 1.89 bits per heavy atom. The highest BCUT2D eigenvalue weighted by atomic mass is 16.5. The highest BCUT2D eigenvalue weighted by molar-refractivity contribution is 5.92. The van der Waals surface area contributed by atoms with Gasteiger partial charge in [0.25, 0.3) is 5.91 Å². The average Bonchev–Trinajstić information content (AvgIpc) is 3.15. The van der Waals surface area contributed by atoms with Gasteiger partial charge in [-0.25, -0.2) is 0 Å². The van der Waals surface area contributed by atoms with Crippen molar-refractivity contribution in [3.8, 4) is 5.75 Å². The number of nitrogens with one attached hydrogen (secondary N) is 1. The summed E-state index contributed by atoms with van der Waals surface area (Å²) in [5.74, 6) is 1.06. The van der Waals surface area contributed by atoms with Crippen molar-refractivity contribution < 1.29 is 13.9 Å². The molecule has 0 fully saturated rings. The fourth-order valence-corrected chi connectivity index (χ4v) is 3.05. The van der Waals surface area contributed by atoms with Crippen molar-refractivity contribution in [2.24, 2.45) is 0 Å². The van der Waals surface area contributed by atoms with Crippen LogP contribution in [0.2, 0.25) is 0 Å². The largest absolute Gasteiger partial charge is 0.489 e. The third-order valence-corrected chi connectivity index (χ3v) is 4.63. The zero-order chi connectivity index (χ0) is 19.2. The summed E-state index contributed by atoms with van der Waals surface area (Å²) in [7, 11) is 0. The van der Waals surface area contributed by atoms with Crippen LogP contribution in [-0.2, 0) is 6.61 Å². The van der Waals surface area contributed by atoms with Crippen LogP contribution in [0.1, 0.15) is 45.7 Å². The molecule has 1 atom stereocenters. The Labute approximate surface area is 160 Å². The van der Waals surface area contributed by atoms with Crippen molar-refractivity contribution in [1.29, 1.82) is 0 Å². The van der Waals surface area contributed by atoms with Crippen LogP contribution in [0.3, 0.4) is 0 Å². The molecule has 0 saturated carbocycles. The second-order valence-corrected chi connectivity index (χ2v) is 6.85. The molecule has 0 saturated heterocycles. The van der Waals surface area contributed by atoms with E-state index in [0.29, 0.717) is 12.3 Å². The van der Waals surface area contributed by atoms with E-state index in [1.54, 1.807) is 6.07 Å². The Balaban J connectivity index is 1.60. The average molecular weight is 363 g/mol. The van der Waals surface area contributed by atoms with Gasteiger partial charge in [-0.3, -0.25) is 4.79 Å². The van der Waals surface area contributed by atoms with Crippen LogP contribution in [0.4, 0.5) is 0 Å². The molecule has 0 aliphatic rings. The van der Waals surface area contributed by atoms with Crippen LogP contribution in [0.5, 0.6) is 5.75 Å². The summed E-state index contributed by atoms with van der Waals surface area (Å²) < 4.78 is 11.1. The van der Waals surface area contributed by atoms with Gasteiger partial charge in [0, 0.05) is 12.1 Å². The van der Waals surface area contributed by atoms with Crippen molar-refractivity contribution in [2.45, 2.75) is 33.3 Å². The standard InChI is InChI=1S/C23H25NO3/c1-16-9-10-17(2)21(13-16)18(3)14-24-23(25)22-19(11-12-26-22)15-27-20-7-5-4-6-8-20/h4-13,18H,14-15H2,1-3H3,(H,24,25)/t18-/m0/s1. The zero-order valence-electron chi connectivity index (χ0n) is 16.0. The van der Waals surface area contributed by atoms with E-state index >= 15 is 0 Å². The van der Waals surface area contributed by atoms with E-state index in [1.807, 2.05) is 30.3 Å². The lowest BCUT2D eigenvalue weighted by Crippen LogP contribution is -2.28. The summed E-state index contributed by atoms with van der Waals surface area (Å²) >= 11 is 0. The fourth-order valence-electron chi connectivity index (χ4n) is 3.05. The number of rotatable bonds is 7. The Morgan fingerprint density at radius 1 is 1.11 bits per heavy atom. The number of para-hydroxylation sites is 1. The molecule has 140 valence electrons. The minimum Gasteiger partial charge on any atom is -0.489 e. The lowest BCUT2D eigenvalue weighted by Gasteiger charge is -2.16. The van der Waals surface area contributed by atoms with Crippen LogP contribution in [0.15, 0.2) is 65.3 Å².